The minimum absolute atomic E-state index is 0.207. The van der Waals surface area contributed by atoms with Gasteiger partial charge in [-0.25, -0.2) is 0 Å². The summed E-state index contributed by atoms with van der Waals surface area (Å²) in [7, 11) is 1.23. The van der Waals surface area contributed by atoms with Crippen LogP contribution in [0.5, 0.6) is 5.75 Å². The Morgan fingerprint density at radius 1 is 1.59 bits per heavy atom. The van der Waals surface area contributed by atoms with Gasteiger partial charge in [-0.2, -0.15) is 4.39 Å². The summed E-state index contributed by atoms with van der Waals surface area (Å²) in [4.78, 5) is 9.74. The van der Waals surface area contributed by atoms with Gasteiger partial charge in [-0.15, -0.1) is 0 Å². The first-order chi connectivity index (χ1) is 8.02. The molecule has 0 amide bonds. The average Bonchev–Trinajstić information content (AvgIpc) is 2.28. The molecule has 0 fully saturated rings. The minimum Gasteiger partial charge on any atom is -0.494 e. The summed E-state index contributed by atoms with van der Waals surface area (Å²) in [5, 5.41) is 10.6. The van der Waals surface area contributed by atoms with Crippen molar-refractivity contribution in [3.63, 3.8) is 0 Å². The van der Waals surface area contributed by atoms with Crippen molar-refractivity contribution in [1.29, 1.82) is 0 Å². The van der Waals surface area contributed by atoms with E-state index in [1.165, 1.54) is 13.2 Å². The zero-order chi connectivity index (χ0) is 13.0. The Hall–Kier alpha value is -2.11. The van der Waals surface area contributed by atoms with E-state index in [-0.39, 0.29) is 17.1 Å². The van der Waals surface area contributed by atoms with E-state index in [2.05, 4.69) is 6.58 Å². The zero-order valence-electron chi connectivity index (χ0n) is 9.53. The van der Waals surface area contributed by atoms with E-state index in [9.17, 15) is 14.5 Å². The first-order valence-corrected chi connectivity index (χ1v) is 4.85. The number of rotatable bonds is 5. The molecule has 0 aromatic heterocycles. The van der Waals surface area contributed by atoms with Crippen LogP contribution >= 0.6 is 0 Å². The van der Waals surface area contributed by atoms with Gasteiger partial charge in [-0.05, 0) is 13.0 Å². The Bertz CT molecular complexity index is 459. The van der Waals surface area contributed by atoms with Crippen molar-refractivity contribution in [3.05, 3.63) is 40.2 Å². The number of hydrogen-bond donors (Lipinski definition) is 0. The van der Waals surface area contributed by atoms with Gasteiger partial charge in [-0.3, -0.25) is 10.1 Å². The van der Waals surface area contributed by atoms with Crippen molar-refractivity contribution in [1.82, 2.24) is 0 Å². The summed E-state index contributed by atoms with van der Waals surface area (Å²) >= 11 is 0. The van der Waals surface area contributed by atoms with Crippen molar-refractivity contribution >= 4 is 11.4 Å². The van der Waals surface area contributed by atoms with Crippen molar-refractivity contribution in [3.8, 4) is 5.75 Å². The molecule has 1 aromatic rings. The third-order valence-electron chi connectivity index (χ3n) is 2.10. The second kappa shape index (κ2) is 5.29. The molecular weight excluding hydrogens is 229 g/mol. The Labute approximate surface area is 97.6 Å². The Morgan fingerprint density at radius 3 is 2.71 bits per heavy atom. The van der Waals surface area contributed by atoms with E-state index in [0.717, 1.165) is 6.07 Å². The van der Waals surface area contributed by atoms with Gasteiger partial charge in [0.15, 0.2) is 5.75 Å². The number of methoxy groups -OCH3 is 1. The summed E-state index contributed by atoms with van der Waals surface area (Å²) in [5.74, 6) is -1.06. The molecule has 17 heavy (non-hydrogen) atoms. The molecule has 6 heteroatoms. The van der Waals surface area contributed by atoms with E-state index in [4.69, 9.17) is 9.47 Å². The van der Waals surface area contributed by atoms with Crippen LogP contribution in [0, 0.1) is 15.9 Å². The van der Waals surface area contributed by atoms with Crippen molar-refractivity contribution in [2.75, 3.05) is 13.7 Å². The van der Waals surface area contributed by atoms with Crippen LogP contribution < -0.4 is 4.74 Å². The lowest BCUT2D eigenvalue weighted by Crippen LogP contribution is -2.01. The summed E-state index contributed by atoms with van der Waals surface area (Å²) in [6, 6.07) is 2.40. The van der Waals surface area contributed by atoms with E-state index in [1.54, 1.807) is 6.92 Å². The fourth-order valence-corrected chi connectivity index (χ4v) is 1.36. The van der Waals surface area contributed by atoms with Gasteiger partial charge in [0.2, 0.25) is 5.82 Å². The fraction of sp³-hybridized carbons (Fsp3) is 0.273. The fourth-order valence-electron chi connectivity index (χ4n) is 1.36. The zero-order valence-corrected chi connectivity index (χ0v) is 9.53. The van der Waals surface area contributed by atoms with Crippen molar-refractivity contribution in [2.45, 2.75) is 6.92 Å². The average molecular weight is 241 g/mol. The highest BCUT2D eigenvalue weighted by atomic mass is 19.1. The van der Waals surface area contributed by atoms with Gasteiger partial charge in [-0.1, -0.05) is 6.58 Å². The van der Waals surface area contributed by atoms with Crippen LogP contribution in [0.3, 0.4) is 0 Å². The third-order valence-corrected chi connectivity index (χ3v) is 2.10. The van der Waals surface area contributed by atoms with Crippen molar-refractivity contribution in [2.24, 2.45) is 0 Å². The number of ether oxygens (including phenoxy) is 2. The van der Waals surface area contributed by atoms with Gasteiger partial charge >= 0.3 is 5.69 Å². The van der Waals surface area contributed by atoms with Crippen LogP contribution in [0.1, 0.15) is 12.5 Å². The van der Waals surface area contributed by atoms with Gasteiger partial charge < -0.3 is 9.47 Å². The first-order valence-electron chi connectivity index (χ1n) is 4.85. The molecule has 0 heterocycles. The SMILES string of the molecule is C=C(OCC)c1ccc([N+](=O)[O-])c(F)c1OC. The molecule has 5 nitrogen and oxygen atoms in total. The summed E-state index contributed by atoms with van der Waals surface area (Å²) in [5.41, 5.74) is -0.382. The lowest BCUT2D eigenvalue weighted by atomic mass is 10.1. The molecule has 0 saturated carbocycles. The van der Waals surface area contributed by atoms with E-state index < -0.39 is 16.4 Å². The van der Waals surface area contributed by atoms with E-state index >= 15 is 0 Å². The molecule has 0 saturated heterocycles. The van der Waals surface area contributed by atoms with Crippen molar-refractivity contribution < 1.29 is 18.8 Å². The number of nitro benzene ring substituents is 1. The van der Waals surface area contributed by atoms with Crippen LogP contribution in [-0.4, -0.2) is 18.6 Å². The summed E-state index contributed by atoms with van der Waals surface area (Å²) in [6.07, 6.45) is 0. The molecular formula is C11H12FNO4. The molecule has 0 aliphatic rings. The smallest absolute Gasteiger partial charge is 0.308 e. The second-order valence-corrected chi connectivity index (χ2v) is 3.09. The number of hydrogen-bond acceptors (Lipinski definition) is 4. The topological polar surface area (TPSA) is 61.6 Å². The maximum Gasteiger partial charge on any atom is 0.308 e. The largest absolute Gasteiger partial charge is 0.494 e. The number of nitrogens with zero attached hydrogens (tertiary/aromatic N) is 1. The number of nitro groups is 1. The van der Waals surface area contributed by atoms with Gasteiger partial charge in [0.1, 0.15) is 5.76 Å². The third kappa shape index (κ3) is 2.52. The van der Waals surface area contributed by atoms with Gasteiger partial charge in [0, 0.05) is 6.07 Å². The molecule has 0 spiro atoms. The van der Waals surface area contributed by atoms with Gasteiger partial charge in [0.05, 0.1) is 24.2 Å². The molecule has 0 bridgehead atoms. The van der Waals surface area contributed by atoms with Crippen LogP contribution in [-0.2, 0) is 4.74 Å². The summed E-state index contributed by atoms with van der Waals surface area (Å²) in [6.45, 7) is 5.71. The maximum atomic E-state index is 13.7. The lowest BCUT2D eigenvalue weighted by molar-refractivity contribution is -0.387. The molecule has 0 radical (unpaired) electrons. The predicted octanol–water partition coefficient (Wildman–Crippen LogP) is 2.75. The molecule has 1 rings (SSSR count). The number of benzene rings is 1. The Balaban J connectivity index is 3.30. The lowest BCUT2D eigenvalue weighted by Gasteiger charge is -2.11. The summed E-state index contributed by atoms with van der Waals surface area (Å²) < 4.78 is 23.7. The van der Waals surface area contributed by atoms with E-state index in [1.807, 2.05) is 0 Å². The second-order valence-electron chi connectivity index (χ2n) is 3.09. The highest BCUT2D eigenvalue weighted by molar-refractivity contribution is 5.66. The molecule has 0 aliphatic carbocycles. The highest BCUT2D eigenvalue weighted by Crippen LogP contribution is 2.33. The maximum absolute atomic E-state index is 13.7. The van der Waals surface area contributed by atoms with Crippen LogP contribution in [0.2, 0.25) is 0 Å². The number of halogens is 1. The molecule has 0 atom stereocenters. The minimum atomic E-state index is -1.03. The highest BCUT2D eigenvalue weighted by Gasteiger charge is 2.23. The predicted molar refractivity (Wildman–Crippen MR) is 60.3 cm³/mol. The Morgan fingerprint density at radius 2 is 2.24 bits per heavy atom. The Kier molecular flexibility index (Phi) is 4.03. The monoisotopic (exact) mass is 241 g/mol. The molecule has 0 unspecified atom stereocenters. The first kappa shape index (κ1) is 13.0. The molecule has 92 valence electrons. The van der Waals surface area contributed by atoms with Crippen LogP contribution in [0.25, 0.3) is 5.76 Å². The quantitative estimate of drug-likeness (QED) is 0.451. The van der Waals surface area contributed by atoms with Gasteiger partial charge in [0.25, 0.3) is 0 Å². The van der Waals surface area contributed by atoms with Crippen LogP contribution in [0.15, 0.2) is 18.7 Å². The van der Waals surface area contributed by atoms with E-state index in [0.29, 0.717) is 6.61 Å². The normalized spacial score (nSPS) is 9.82. The molecule has 0 aliphatic heterocycles. The molecule has 1 aromatic carbocycles. The standard InChI is InChI=1S/C11H12FNO4/c1-4-17-7(2)8-5-6-9(13(14)15)10(12)11(8)16-3/h5-6H,2,4H2,1,3H3. The van der Waals surface area contributed by atoms with Crippen LogP contribution in [0.4, 0.5) is 10.1 Å². The molecule has 0 N–H and O–H groups in total.